The van der Waals surface area contributed by atoms with Gasteiger partial charge >= 0.3 is 0 Å². The van der Waals surface area contributed by atoms with Gasteiger partial charge in [-0.3, -0.25) is 4.90 Å². The SMILES string of the molecule is O[C@H]1C=C2CCN3Cc4cc5c(cc4C(C1)C23)OCO5. The molecule has 1 fully saturated rings. The summed E-state index contributed by atoms with van der Waals surface area (Å²) in [6, 6.07) is 4.77. The summed E-state index contributed by atoms with van der Waals surface area (Å²) in [6.45, 7) is 2.41. The fraction of sp³-hybridized carbons (Fsp3) is 0.500. The maximum absolute atomic E-state index is 10.1. The molecular weight excluding hydrogens is 254 g/mol. The molecule has 0 bridgehead atoms. The quantitative estimate of drug-likeness (QED) is 0.730. The van der Waals surface area contributed by atoms with Gasteiger partial charge < -0.3 is 14.6 Å². The van der Waals surface area contributed by atoms with E-state index in [2.05, 4.69) is 23.1 Å². The standard InChI is InChI=1S/C16H17NO3/c18-11-3-9-1-2-17-7-10-4-14-15(20-8-19-14)6-12(10)13(5-11)16(9)17/h3-4,6,11,13,16,18H,1-2,5,7-8H2/t11-,13?,16?/m0/s1. The Morgan fingerprint density at radius 2 is 2.05 bits per heavy atom. The highest BCUT2D eigenvalue weighted by atomic mass is 16.7. The summed E-state index contributed by atoms with van der Waals surface area (Å²) >= 11 is 0. The van der Waals surface area contributed by atoms with Gasteiger partial charge in [0, 0.05) is 25.0 Å². The van der Waals surface area contributed by atoms with E-state index in [1.807, 2.05) is 0 Å². The van der Waals surface area contributed by atoms with Crippen molar-refractivity contribution in [1.29, 1.82) is 0 Å². The molecule has 3 aliphatic heterocycles. The summed E-state index contributed by atoms with van der Waals surface area (Å²) in [5.74, 6) is 2.13. The Bertz CT molecular complexity index is 624. The number of hydrogen-bond acceptors (Lipinski definition) is 4. The predicted octanol–water partition coefficient (Wildman–Crippen LogP) is 1.78. The van der Waals surface area contributed by atoms with Crippen LogP contribution in [0.25, 0.3) is 0 Å². The van der Waals surface area contributed by atoms with Crippen LogP contribution in [0.1, 0.15) is 29.9 Å². The molecule has 4 heteroatoms. The van der Waals surface area contributed by atoms with Crippen molar-refractivity contribution in [1.82, 2.24) is 4.90 Å². The molecule has 1 aliphatic carbocycles. The highest BCUT2D eigenvalue weighted by Gasteiger charge is 2.44. The second kappa shape index (κ2) is 3.77. The normalized spacial score (nSPS) is 33.6. The Labute approximate surface area is 117 Å². The van der Waals surface area contributed by atoms with Crippen molar-refractivity contribution in [2.24, 2.45) is 0 Å². The lowest BCUT2D eigenvalue weighted by Gasteiger charge is -2.41. The first-order valence-electron chi connectivity index (χ1n) is 7.35. The molecule has 2 unspecified atom stereocenters. The number of benzene rings is 1. The lowest BCUT2D eigenvalue weighted by Crippen LogP contribution is -2.42. The van der Waals surface area contributed by atoms with Gasteiger partial charge in [-0.2, -0.15) is 0 Å². The van der Waals surface area contributed by atoms with E-state index in [-0.39, 0.29) is 6.10 Å². The van der Waals surface area contributed by atoms with Crippen molar-refractivity contribution >= 4 is 0 Å². The zero-order valence-electron chi connectivity index (χ0n) is 11.2. The molecule has 104 valence electrons. The van der Waals surface area contributed by atoms with Crippen LogP contribution >= 0.6 is 0 Å². The van der Waals surface area contributed by atoms with E-state index in [1.54, 1.807) is 0 Å². The van der Waals surface area contributed by atoms with Gasteiger partial charge in [0.25, 0.3) is 0 Å². The molecule has 4 aliphatic rings. The minimum absolute atomic E-state index is 0.303. The second-order valence-electron chi connectivity index (χ2n) is 6.22. The van der Waals surface area contributed by atoms with Crippen LogP contribution in [0.15, 0.2) is 23.8 Å². The molecule has 1 saturated heterocycles. The molecule has 0 radical (unpaired) electrons. The molecule has 1 aromatic carbocycles. The zero-order chi connectivity index (χ0) is 13.3. The van der Waals surface area contributed by atoms with Gasteiger partial charge in [-0.05, 0) is 36.1 Å². The van der Waals surface area contributed by atoms with Gasteiger partial charge in [-0.25, -0.2) is 0 Å². The largest absolute Gasteiger partial charge is 0.454 e. The molecule has 1 N–H and O–H groups in total. The number of aliphatic hydroxyl groups excluding tert-OH is 1. The van der Waals surface area contributed by atoms with E-state index in [4.69, 9.17) is 9.47 Å². The van der Waals surface area contributed by atoms with Crippen molar-refractivity contribution in [3.05, 3.63) is 34.9 Å². The molecule has 4 nitrogen and oxygen atoms in total. The van der Waals surface area contributed by atoms with Crippen LogP contribution in [0.2, 0.25) is 0 Å². The maximum Gasteiger partial charge on any atom is 0.231 e. The van der Waals surface area contributed by atoms with Gasteiger partial charge in [0.2, 0.25) is 6.79 Å². The highest BCUT2D eigenvalue weighted by molar-refractivity contribution is 5.52. The van der Waals surface area contributed by atoms with Gasteiger partial charge in [0.05, 0.1) is 6.10 Å². The minimum atomic E-state index is -0.303. The molecule has 3 heterocycles. The molecule has 5 rings (SSSR count). The number of rotatable bonds is 0. The summed E-state index contributed by atoms with van der Waals surface area (Å²) in [5, 5.41) is 10.1. The first-order chi connectivity index (χ1) is 9.79. The minimum Gasteiger partial charge on any atom is -0.454 e. The molecule has 3 atom stereocenters. The smallest absolute Gasteiger partial charge is 0.231 e. The van der Waals surface area contributed by atoms with E-state index in [1.165, 1.54) is 16.7 Å². The number of aliphatic hydroxyl groups is 1. The van der Waals surface area contributed by atoms with Crippen molar-refractivity contribution in [3.8, 4) is 11.5 Å². The summed E-state index contributed by atoms with van der Waals surface area (Å²) in [6.07, 6.45) is 3.69. The average Bonchev–Trinajstić information content (AvgIpc) is 3.04. The Morgan fingerprint density at radius 3 is 2.95 bits per heavy atom. The molecule has 0 spiro atoms. The molecule has 0 saturated carbocycles. The molecular formula is C16H17NO3. The zero-order valence-corrected chi connectivity index (χ0v) is 11.2. The number of ether oxygens (including phenoxy) is 2. The number of fused-ring (bicyclic) bond motifs is 3. The molecule has 20 heavy (non-hydrogen) atoms. The van der Waals surface area contributed by atoms with E-state index >= 15 is 0 Å². The van der Waals surface area contributed by atoms with Crippen LogP contribution in [-0.2, 0) is 6.54 Å². The fourth-order valence-electron chi connectivity index (χ4n) is 4.37. The van der Waals surface area contributed by atoms with Gasteiger partial charge in [-0.1, -0.05) is 11.6 Å². The van der Waals surface area contributed by atoms with Crippen LogP contribution in [-0.4, -0.2) is 35.5 Å². The van der Waals surface area contributed by atoms with E-state index < -0.39 is 0 Å². The highest BCUT2D eigenvalue weighted by Crippen LogP contribution is 2.49. The topological polar surface area (TPSA) is 41.9 Å². The monoisotopic (exact) mass is 271 g/mol. The summed E-state index contributed by atoms with van der Waals surface area (Å²) in [4.78, 5) is 2.55. The third-order valence-corrected chi connectivity index (χ3v) is 5.15. The van der Waals surface area contributed by atoms with Crippen LogP contribution in [0.3, 0.4) is 0 Å². The Balaban J connectivity index is 1.67. The first-order valence-corrected chi connectivity index (χ1v) is 7.35. The predicted molar refractivity (Wildman–Crippen MR) is 72.8 cm³/mol. The Kier molecular flexibility index (Phi) is 2.11. The van der Waals surface area contributed by atoms with E-state index in [0.29, 0.717) is 18.8 Å². The molecule has 0 aromatic heterocycles. The van der Waals surface area contributed by atoms with Crippen molar-refractivity contribution < 1.29 is 14.6 Å². The van der Waals surface area contributed by atoms with Crippen molar-refractivity contribution in [3.63, 3.8) is 0 Å². The van der Waals surface area contributed by atoms with Crippen LogP contribution in [0.5, 0.6) is 11.5 Å². The van der Waals surface area contributed by atoms with Gasteiger partial charge in [-0.15, -0.1) is 0 Å². The van der Waals surface area contributed by atoms with Crippen LogP contribution in [0.4, 0.5) is 0 Å². The molecule has 0 amide bonds. The number of nitrogens with zero attached hydrogens (tertiary/aromatic N) is 1. The first kappa shape index (κ1) is 11.2. The average molecular weight is 271 g/mol. The second-order valence-corrected chi connectivity index (χ2v) is 6.22. The molecule has 1 aromatic rings. The Hall–Kier alpha value is -1.52. The van der Waals surface area contributed by atoms with Gasteiger partial charge in [0.15, 0.2) is 11.5 Å². The van der Waals surface area contributed by atoms with Crippen molar-refractivity contribution in [2.45, 2.75) is 37.5 Å². The van der Waals surface area contributed by atoms with E-state index in [0.717, 1.165) is 37.4 Å². The number of hydrogen-bond donors (Lipinski definition) is 1. The van der Waals surface area contributed by atoms with Crippen LogP contribution in [0, 0.1) is 0 Å². The lowest BCUT2D eigenvalue weighted by molar-refractivity contribution is 0.141. The van der Waals surface area contributed by atoms with E-state index in [9.17, 15) is 5.11 Å². The summed E-state index contributed by atoms with van der Waals surface area (Å²) in [5.41, 5.74) is 4.12. The third-order valence-electron chi connectivity index (χ3n) is 5.15. The Morgan fingerprint density at radius 1 is 1.20 bits per heavy atom. The third kappa shape index (κ3) is 1.38. The maximum atomic E-state index is 10.1. The summed E-state index contributed by atoms with van der Waals surface area (Å²) in [7, 11) is 0. The van der Waals surface area contributed by atoms with Crippen molar-refractivity contribution in [2.75, 3.05) is 13.3 Å². The fourth-order valence-corrected chi connectivity index (χ4v) is 4.37. The van der Waals surface area contributed by atoms with Gasteiger partial charge in [0.1, 0.15) is 0 Å². The lowest BCUT2D eigenvalue weighted by atomic mass is 9.75. The summed E-state index contributed by atoms with van der Waals surface area (Å²) < 4.78 is 11.0. The van der Waals surface area contributed by atoms with Crippen LogP contribution < -0.4 is 9.47 Å².